The molecule has 5 heteroatoms. The summed E-state index contributed by atoms with van der Waals surface area (Å²) in [4.78, 5) is 9.60. The van der Waals surface area contributed by atoms with Gasteiger partial charge in [-0.1, -0.05) is 32.9 Å². The summed E-state index contributed by atoms with van der Waals surface area (Å²) >= 11 is 0. The quantitative estimate of drug-likeness (QED) is 0.824. The zero-order valence-corrected chi connectivity index (χ0v) is 12.2. The van der Waals surface area contributed by atoms with Gasteiger partial charge in [0.2, 0.25) is 0 Å². The first kappa shape index (κ1) is 15.2. The summed E-state index contributed by atoms with van der Waals surface area (Å²) in [6.45, 7) is 7.82. The van der Waals surface area contributed by atoms with Gasteiger partial charge in [-0.25, -0.2) is 0 Å². The normalized spacial score (nSPS) is 15.4. The molecular weight excluding hydrogens is 251 g/mol. The summed E-state index contributed by atoms with van der Waals surface area (Å²) in [5, 5.41) is 9.81. The zero-order chi connectivity index (χ0) is 14.0. The van der Waals surface area contributed by atoms with E-state index in [0.29, 0.717) is 5.56 Å². The zero-order valence-electron chi connectivity index (χ0n) is 11.3. The standard InChI is InChI=1S/C13H21O4P/c1-5-17-18(15,16)9-10-6-7-12(14)11(8-10)13(2,3)4/h6-8,14H,5,9H2,1-4H3,(H,15,16). The lowest BCUT2D eigenvalue weighted by molar-refractivity contribution is 0.272. The van der Waals surface area contributed by atoms with Crippen LogP contribution in [0.1, 0.15) is 38.8 Å². The van der Waals surface area contributed by atoms with Crippen molar-refractivity contribution < 1.29 is 19.1 Å². The van der Waals surface area contributed by atoms with Gasteiger partial charge in [0.1, 0.15) is 5.75 Å². The van der Waals surface area contributed by atoms with Crippen LogP contribution < -0.4 is 0 Å². The predicted molar refractivity (Wildman–Crippen MR) is 72.0 cm³/mol. The molecule has 4 nitrogen and oxygen atoms in total. The number of phenolic OH excluding ortho intramolecular Hbond substituents is 1. The molecule has 2 N–H and O–H groups in total. The van der Waals surface area contributed by atoms with Gasteiger partial charge in [-0.2, -0.15) is 0 Å². The second kappa shape index (κ2) is 5.43. The molecule has 0 heterocycles. The maximum Gasteiger partial charge on any atom is 0.332 e. The Kier molecular flexibility index (Phi) is 4.60. The van der Waals surface area contributed by atoms with E-state index in [2.05, 4.69) is 0 Å². The lowest BCUT2D eigenvalue weighted by Crippen LogP contribution is -2.11. The van der Waals surface area contributed by atoms with E-state index in [1.165, 1.54) is 0 Å². The van der Waals surface area contributed by atoms with Crippen molar-refractivity contribution >= 4 is 7.60 Å². The SMILES string of the molecule is CCOP(=O)(O)Cc1ccc(O)c(C(C)(C)C)c1. The number of phenols is 1. The summed E-state index contributed by atoms with van der Waals surface area (Å²) in [7, 11) is -3.58. The maximum atomic E-state index is 11.7. The molecule has 18 heavy (non-hydrogen) atoms. The molecule has 0 radical (unpaired) electrons. The molecule has 1 aromatic carbocycles. The molecule has 1 aromatic rings. The van der Waals surface area contributed by atoms with Gasteiger partial charge >= 0.3 is 7.60 Å². The predicted octanol–water partition coefficient (Wildman–Crippen LogP) is 3.41. The molecule has 0 spiro atoms. The Morgan fingerprint density at radius 1 is 1.33 bits per heavy atom. The third-order valence-corrected chi connectivity index (χ3v) is 4.01. The minimum absolute atomic E-state index is 0.0375. The molecule has 0 bridgehead atoms. The first-order valence-electron chi connectivity index (χ1n) is 5.94. The van der Waals surface area contributed by atoms with Crippen molar-refractivity contribution in [2.75, 3.05) is 6.61 Å². The topological polar surface area (TPSA) is 66.8 Å². The van der Waals surface area contributed by atoms with Crippen LogP contribution in [0.5, 0.6) is 5.75 Å². The Hall–Kier alpha value is -0.830. The van der Waals surface area contributed by atoms with Crippen LogP contribution in [0.2, 0.25) is 0 Å². The number of aromatic hydroxyl groups is 1. The number of hydrogen-bond donors (Lipinski definition) is 2. The summed E-state index contributed by atoms with van der Waals surface area (Å²) in [6, 6.07) is 4.96. The molecule has 0 fully saturated rings. The fourth-order valence-electron chi connectivity index (χ4n) is 1.76. The first-order chi connectivity index (χ1) is 8.15. The van der Waals surface area contributed by atoms with Crippen molar-refractivity contribution in [2.24, 2.45) is 0 Å². The second-order valence-corrected chi connectivity index (χ2v) is 7.16. The van der Waals surface area contributed by atoms with Gasteiger partial charge in [0.15, 0.2) is 0 Å². The van der Waals surface area contributed by atoms with Crippen LogP contribution in [0.15, 0.2) is 18.2 Å². The second-order valence-electron chi connectivity index (χ2n) is 5.31. The Balaban J connectivity index is 3.03. The minimum Gasteiger partial charge on any atom is -0.508 e. The van der Waals surface area contributed by atoms with Crippen molar-refractivity contribution in [1.82, 2.24) is 0 Å². The molecule has 0 aliphatic rings. The third-order valence-electron chi connectivity index (χ3n) is 2.58. The van der Waals surface area contributed by atoms with Crippen molar-refractivity contribution in [3.63, 3.8) is 0 Å². The molecule has 0 saturated heterocycles. The molecule has 0 amide bonds. The van der Waals surface area contributed by atoms with Gasteiger partial charge in [0.05, 0.1) is 12.8 Å². The lowest BCUT2D eigenvalue weighted by Gasteiger charge is -2.21. The smallest absolute Gasteiger partial charge is 0.332 e. The average molecular weight is 272 g/mol. The Bertz CT molecular complexity index is 463. The highest BCUT2D eigenvalue weighted by molar-refractivity contribution is 7.51. The minimum atomic E-state index is -3.58. The summed E-state index contributed by atoms with van der Waals surface area (Å²) < 4.78 is 16.5. The van der Waals surface area contributed by atoms with E-state index < -0.39 is 7.60 Å². The summed E-state index contributed by atoms with van der Waals surface area (Å²) in [6.07, 6.45) is -0.0375. The molecule has 1 atom stereocenters. The van der Waals surface area contributed by atoms with Crippen LogP contribution in [0.3, 0.4) is 0 Å². The molecule has 0 saturated carbocycles. The van der Waals surface area contributed by atoms with E-state index in [4.69, 9.17) is 4.52 Å². The molecule has 1 rings (SSSR count). The maximum absolute atomic E-state index is 11.7. The highest BCUT2D eigenvalue weighted by Gasteiger charge is 2.22. The van der Waals surface area contributed by atoms with Crippen LogP contribution in [0, 0.1) is 0 Å². The van der Waals surface area contributed by atoms with E-state index in [1.54, 1.807) is 25.1 Å². The number of benzene rings is 1. The Labute approximate surface area is 108 Å². The van der Waals surface area contributed by atoms with Gasteiger partial charge in [0.25, 0.3) is 0 Å². The van der Waals surface area contributed by atoms with Gasteiger partial charge < -0.3 is 14.5 Å². The van der Waals surface area contributed by atoms with Crippen LogP contribution in [0.25, 0.3) is 0 Å². The molecule has 0 aliphatic carbocycles. The summed E-state index contributed by atoms with van der Waals surface area (Å²) in [5.74, 6) is 0.204. The first-order valence-corrected chi connectivity index (χ1v) is 7.71. The third kappa shape index (κ3) is 4.13. The van der Waals surface area contributed by atoms with Crippen molar-refractivity contribution in [3.8, 4) is 5.75 Å². The van der Waals surface area contributed by atoms with E-state index >= 15 is 0 Å². The Morgan fingerprint density at radius 3 is 2.44 bits per heavy atom. The number of hydrogen-bond acceptors (Lipinski definition) is 3. The van der Waals surface area contributed by atoms with Crippen LogP contribution in [-0.2, 0) is 20.7 Å². The molecular formula is C13H21O4P. The largest absolute Gasteiger partial charge is 0.508 e. The van der Waals surface area contributed by atoms with E-state index in [-0.39, 0.29) is 23.9 Å². The van der Waals surface area contributed by atoms with Gasteiger partial charge in [-0.05, 0) is 29.5 Å². The van der Waals surface area contributed by atoms with Gasteiger partial charge in [-0.15, -0.1) is 0 Å². The molecule has 102 valence electrons. The average Bonchev–Trinajstić information content (AvgIpc) is 2.18. The van der Waals surface area contributed by atoms with Crippen LogP contribution >= 0.6 is 7.60 Å². The van der Waals surface area contributed by atoms with Crippen molar-refractivity contribution in [3.05, 3.63) is 29.3 Å². The van der Waals surface area contributed by atoms with E-state index in [1.807, 2.05) is 20.8 Å². The van der Waals surface area contributed by atoms with Crippen molar-refractivity contribution in [1.29, 1.82) is 0 Å². The fraction of sp³-hybridized carbons (Fsp3) is 0.538. The van der Waals surface area contributed by atoms with Gasteiger partial charge in [-0.3, -0.25) is 4.57 Å². The highest BCUT2D eigenvalue weighted by Crippen LogP contribution is 2.46. The monoisotopic (exact) mass is 272 g/mol. The van der Waals surface area contributed by atoms with Gasteiger partial charge in [0, 0.05) is 0 Å². The van der Waals surface area contributed by atoms with Crippen LogP contribution in [-0.4, -0.2) is 16.6 Å². The molecule has 1 unspecified atom stereocenters. The fourth-order valence-corrected chi connectivity index (χ4v) is 2.91. The van der Waals surface area contributed by atoms with Crippen molar-refractivity contribution in [2.45, 2.75) is 39.3 Å². The van der Waals surface area contributed by atoms with E-state index in [0.717, 1.165) is 5.56 Å². The Morgan fingerprint density at radius 2 is 1.94 bits per heavy atom. The number of rotatable bonds is 4. The lowest BCUT2D eigenvalue weighted by atomic mass is 9.85. The van der Waals surface area contributed by atoms with Crippen LogP contribution in [0.4, 0.5) is 0 Å². The van der Waals surface area contributed by atoms with E-state index in [9.17, 15) is 14.6 Å². The highest BCUT2D eigenvalue weighted by atomic mass is 31.2. The summed E-state index contributed by atoms with van der Waals surface area (Å²) in [5.41, 5.74) is 1.24. The molecule has 0 aromatic heterocycles. The molecule has 0 aliphatic heterocycles.